The number of anilines is 1. The fourth-order valence-corrected chi connectivity index (χ4v) is 2.79. The van der Waals surface area contributed by atoms with Crippen LogP contribution in [-0.4, -0.2) is 30.6 Å². The minimum Gasteiger partial charge on any atom is -0.452 e. The second kappa shape index (κ2) is 10.9. The van der Waals surface area contributed by atoms with E-state index in [0.717, 1.165) is 18.2 Å². The number of nitrogens with one attached hydrogen (secondary N) is 1. The first-order valence-corrected chi connectivity index (χ1v) is 9.34. The first-order valence-electron chi connectivity index (χ1n) is 8.36. The average Bonchev–Trinajstić information content (AvgIpc) is 2.70. The Bertz CT molecular complexity index is 954. The van der Waals surface area contributed by atoms with Crippen LogP contribution in [0.1, 0.15) is 5.56 Å². The SMILES string of the molecule is N#CCSc1ccccc1NC(=O)COC(=O)/C=C/c1ccc(OC(F)(F)F)cc1. The molecule has 1 amide bonds. The van der Waals surface area contributed by atoms with E-state index >= 15 is 0 Å². The largest absolute Gasteiger partial charge is 0.573 e. The summed E-state index contributed by atoms with van der Waals surface area (Å²) >= 11 is 1.26. The highest BCUT2D eigenvalue weighted by Crippen LogP contribution is 2.26. The third-order valence-electron chi connectivity index (χ3n) is 3.32. The predicted molar refractivity (Wildman–Crippen MR) is 105 cm³/mol. The summed E-state index contributed by atoms with van der Waals surface area (Å²) < 4.78 is 44.9. The number of hydrogen-bond donors (Lipinski definition) is 1. The van der Waals surface area contributed by atoms with Crippen LogP contribution < -0.4 is 10.1 Å². The van der Waals surface area contributed by atoms with Crippen LogP contribution in [0.15, 0.2) is 59.5 Å². The fourth-order valence-electron chi connectivity index (χ4n) is 2.12. The number of hydrogen-bond acceptors (Lipinski definition) is 6. The van der Waals surface area contributed by atoms with E-state index in [1.807, 2.05) is 6.07 Å². The van der Waals surface area contributed by atoms with E-state index < -0.39 is 24.8 Å². The number of esters is 1. The van der Waals surface area contributed by atoms with Gasteiger partial charge in [0.25, 0.3) is 5.91 Å². The molecule has 2 rings (SSSR count). The number of rotatable bonds is 8. The van der Waals surface area contributed by atoms with Gasteiger partial charge in [0.1, 0.15) is 5.75 Å². The molecule has 0 fully saturated rings. The van der Waals surface area contributed by atoms with Crippen LogP contribution in [0.25, 0.3) is 6.08 Å². The van der Waals surface area contributed by atoms with Gasteiger partial charge in [-0.1, -0.05) is 24.3 Å². The van der Waals surface area contributed by atoms with E-state index in [0.29, 0.717) is 16.1 Å². The molecule has 0 spiro atoms. The van der Waals surface area contributed by atoms with Crippen molar-refractivity contribution < 1.29 is 32.2 Å². The molecule has 0 atom stereocenters. The average molecular weight is 436 g/mol. The van der Waals surface area contributed by atoms with Crippen molar-refractivity contribution >= 4 is 35.4 Å². The molecule has 2 aromatic carbocycles. The van der Waals surface area contributed by atoms with Crippen molar-refractivity contribution in [3.05, 3.63) is 60.2 Å². The molecule has 1 N–H and O–H groups in total. The lowest BCUT2D eigenvalue weighted by atomic mass is 10.2. The summed E-state index contributed by atoms with van der Waals surface area (Å²) in [5.74, 6) is -1.52. The van der Waals surface area contributed by atoms with Gasteiger partial charge in [0, 0.05) is 11.0 Å². The molecule has 0 radical (unpaired) electrons. The van der Waals surface area contributed by atoms with Gasteiger partial charge in [0.05, 0.1) is 17.5 Å². The summed E-state index contributed by atoms with van der Waals surface area (Å²) in [7, 11) is 0. The van der Waals surface area contributed by atoms with E-state index in [2.05, 4.69) is 10.1 Å². The van der Waals surface area contributed by atoms with Gasteiger partial charge in [-0.3, -0.25) is 4.79 Å². The number of benzene rings is 2. The van der Waals surface area contributed by atoms with Crippen molar-refractivity contribution in [1.29, 1.82) is 5.26 Å². The van der Waals surface area contributed by atoms with Gasteiger partial charge in [-0.15, -0.1) is 24.9 Å². The van der Waals surface area contributed by atoms with Crippen molar-refractivity contribution in [1.82, 2.24) is 0 Å². The zero-order valence-corrected chi connectivity index (χ0v) is 16.1. The summed E-state index contributed by atoms with van der Waals surface area (Å²) in [6.45, 7) is -0.529. The Labute approximate surface area is 174 Å². The van der Waals surface area contributed by atoms with Crippen molar-refractivity contribution in [3.8, 4) is 11.8 Å². The molecule has 156 valence electrons. The number of thioether (sulfide) groups is 1. The number of ether oxygens (including phenoxy) is 2. The molecule has 0 unspecified atom stereocenters. The molecule has 2 aromatic rings. The van der Waals surface area contributed by atoms with Gasteiger partial charge in [0.2, 0.25) is 0 Å². The molecule has 6 nitrogen and oxygen atoms in total. The van der Waals surface area contributed by atoms with Crippen molar-refractivity contribution in [3.63, 3.8) is 0 Å². The molecule has 0 aliphatic heterocycles. The van der Waals surface area contributed by atoms with Gasteiger partial charge >= 0.3 is 12.3 Å². The minimum atomic E-state index is -4.78. The molecule has 0 saturated heterocycles. The first kappa shape index (κ1) is 22.8. The second-order valence-electron chi connectivity index (χ2n) is 5.55. The van der Waals surface area contributed by atoms with E-state index in [-0.39, 0.29) is 11.5 Å². The number of carbonyl (C=O) groups excluding carboxylic acids is 2. The molecule has 10 heteroatoms. The highest BCUT2D eigenvalue weighted by molar-refractivity contribution is 7.99. The molecule has 0 bridgehead atoms. The molecule has 0 heterocycles. The van der Waals surface area contributed by atoms with Gasteiger partial charge in [-0.2, -0.15) is 5.26 Å². The standard InChI is InChI=1S/C20H15F3N2O4S/c21-20(22,23)29-15-8-5-14(6-9-15)7-10-19(27)28-13-18(26)25-16-3-1-2-4-17(16)30-12-11-24/h1-10H,12-13H2,(H,25,26)/b10-7+. The Balaban J connectivity index is 1.83. The molecular weight excluding hydrogens is 421 g/mol. The summed E-state index contributed by atoms with van der Waals surface area (Å²) in [6, 6.07) is 13.7. The topological polar surface area (TPSA) is 88.4 Å². The first-order chi connectivity index (χ1) is 14.3. The van der Waals surface area contributed by atoms with Crippen LogP contribution in [0.3, 0.4) is 0 Å². The summed E-state index contributed by atoms with van der Waals surface area (Å²) in [4.78, 5) is 24.4. The Hall–Kier alpha value is -3.45. The molecule has 0 aliphatic carbocycles. The third-order valence-corrected chi connectivity index (χ3v) is 4.26. The predicted octanol–water partition coefficient (Wildman–Crippen LogP) is 4.40. The number of halogens is 3. The monoisotopic (exact) mass is 436 g/mol. The second-order valence-corrected chi connectivity index (χ2v) is 6.57. The summed E-state index contributed by atoms with van der Waals surface area (Å²) in [5, 5.41) is 11.3. The molecular formula is C20H15F3N2O4S. The lowest BCUT2D eigenvalue weighted by Gasteiger charge is -2.09. The maximum absolute atomic E-state index is 12.1. The maximum Gasteiger partial charge on any atom is 0.573 e. The lowest BCUT2D eigenvalue weighted by molar-refractivity contribution is -0.274. The quantitative estimate of drug-likeness (QED) is 0.375. The van der Waals surface area contributed by atoms with Gasteiger partial charge in [-0.05, 0) is 35.9 Å². The Morgan fingerprint density at radius 3 is 2.50 bits per heavy atom. The highest BCUT2D eigenvalue weighted by Gasteiger charge is 2.30. The van der Waals surface area contributed by atoms with Crippen molar-refractivity contribution in [2.45, 2.75) is 11.3 Å². The fraction of sp³-hybridized carbons (Fsp3) is 0.150. The van der Waals surface area contributed by atoms with Gasteiger partial charge in [0.15, 0.2) is 6.61 Å². The Kier molecular flexibility index (Phi) is 8.31. The number of alkyl halides is 3. The minimum absolute atomic E-state index is 0.218. The number of amides is 1. The van der Waals surface area contributed by atoms with Crippen molar-refractivity contribution in [2.75, 3.05) is 17.7 Å². The number of para-hydroxylation sites is 1. The number of nitrogens with zero attached hydrogens (tertiary/aromatic N) is 1. The maximum atomic E-state index is 12.1. The molecule has 30 heavy (non-hydrogen) atoms. The normalized spacial score (nSPS) is 11.0. The van der Waals surface area contributed by atoms with Crippen LogP contribution >= 0.6 is 11.8 Å². The zero-order valence-electron chi connectivity index (χ0n) is 15.3. The summed E-state index contributed by atoms with van der Waals surface area (Å²) in [6.07, 6.45) is -2.41. The smallest absolute Gasteiger partial charge is 0.452 e. The third kappa shape index (κ3) is 8.28. The van der Waals surface area contributed by atoms with Crippen LogP contribution in [0, 0.1) is 11.3 Å². The molecule has 0 aliphatic rings. The van der Waals surface area contributed by atoms with Crippen LogP contribution in [0.2, 0.25) is 0 Å². The van der Waals surface area contributed by atoms with Crippen LogP contribution in [-0.2, 0) is 14.3 Å². The Morgan fingerprint density at radius 1 is 1.13 bits per heavy atom. The van der Waals surface area contributed by atoms with Crippen LogP contribution in [0.5, 0.6) is 5.75 Å². The van der Waals surface area contributed by atoms with Crippen LogP contribution in [0.4, 0.5) is 18.9 Å². The highest BCUT2D eigenvalue weighted by atomic mass is 32.2. The number of carbonyl (C=O) groups is 2. The molecule has 0 aromatic heterocycles. The Morgan fingerprint density at radius 2 is 1.83 bits per heavy atom. The van der Waals surface area contributed by atoms with E-state index in [1.165, 1.54) is 30.0 Å². The van der Waals surface area contributed by atoms with Gasteiger partial charge in [-0.25, -0.2) is 4.79 Å². The van der Waals surface area contributed by atoms with Crippen molar-refractivity contribution in [2.24, 2.45) is 0 Å². The van der Waals surface area contributed by atoms with E-state index in [4.69, 9.17) is 10.00 Å². The van der Waals surface area contributed by atoms with E-state index in [1.54, 1.807) is 24.3 Å². The molecule has 0 saturated carbocycles. The number of nitriles is 1. The van der Waals surface area contributed by atoms with Gasteiger partial charge < -0.3 is 14.8 Å². The zero-order chi connectivity index (χ0) is 22.0. The lowest BCUT2D eigenvalue weighted by Crippen LogP contribution is -2.20. The summed E-state index contributed by atoms with van der Waals surface area (Å²) in [5.41, 5.74) is 0.935. The van der Waals surface area contributed by atoms with E-state index in [9.17, 15) is 22.8 Å².